The summed E-state index contributed by atoms with van der Waals surface area (Å²) in [6.45, 7) is 5.24. The van der Waals surface area contributed by atoms with Crippen LogP contribution in [-0.4, -0.2) is 29.0 Å². The number of nitrogens with one attached hydrogen (secondary N) is 1. The molecular weight excluding hydrogens is 406 g/mol. The van der Waals surface area contributed by atoms with Crippen molar-refractivity contribution in [2.45, 2.75) is 33.8 Å². The molecule has 7 nitrogen and oxygen atoms in total. The van der Waals surface area contributed by atoms with Crippen LogP contribution in [0.25, 0.3) is 0 Å². The Morgan fingerprint density at radius 1 is 1.06 bits per heavy atom. The number of amidine groups is 1. The molecule has 0 aliphatic heterocycles. The van der Waals surface area contributed by atoms with Crippen molar-refractivity contribution in [3.63, 3.8) is 0 Å². The number of nitrogens with zero attached hydrogens (tertiary/aromatic N) is 1. The molecule has 166 valence electrons. The third kappa shape index (κ3) is 5.24. The minimum Gasteiger partial charge on any atom is -0.488 e. The lowest BCUT2D eigenvalue weighted by Crippen LogP contribution is -2.17. The largest absolute Gasteiger partial charge is 0.488 e. The summed E-state index contributed by atoms with van der Waals surface area (Å²) in [5, 5.41) is 3.91. The first-order valence-corrected chi connectivity index (χ1v) is 10.4. The lowest BCUT2D eigenvalue weighted by atomic mass is 10.0. The van der Waals surface area contributed by atoms with E-state index in [9.17, 15) is 9.59 Å². The molecule has 0 fully saturated rings. The second kappa shape index (κ2) is 10.4. The van der Waals surface area contributed by atoms with Crippen LogP contribution >= 0.6 is 0 Å². The van der Waals surface area contributed by atoms with Gasteiger partial charge < -0.3 is 20.3 Å². The number of benzene rings is 2. The van der Waals surface area contributed by atoms with Crippen LogP contribution in [0.3, 0.4) is 0 Å². The van der Waals surface area contributed by atoms with Gasteiger partial charge in [0.05, 0.1) is 11.3 Å². The highest BCUT2D eigenvalue weighted by Crippen LogP contribution is 2.22. The number of para-hydroxylation sites is 1. The number of rotatable bonds is 10. The number of H-pyrrole nitrogens is 1. The van der Waals surface area contributed by atoms with Crippen LogP contribution in [-0.2, 0) is 17.9 Å². The first-order valence-electron chi connectivity index (χ1n) is 10.4. The highest BCUT2D eigenvalue weighted by atomic mass is 16.6. The summed E-state index contributed by atoms with van der Waals surface area (Å²) in [5.74, 6) is 0.281. The fourth-order valence-corrected chi connectivity index (χ4v) is 3.57. The molecule has 0 bridgehead atoms. The van der Waals surface area contributed by atoms with Crippen molar-refractivity contribution in [2.75, 3.05) is 6.61 Å². The van der Waals surface area contributed by atoms with Crippen molar-refractivity contribution in [1.29, 1.82) is 0 Å². The smallest absolute Gasteiger partial charge is 0.219 e. The summed E-state index contributed by atoms with van der Waals surface area (Å²) in [4.78, 5) is 32.8. The monoisotopic (exact) mass is 433 g/mol. The number of Topliss-reactive ketones (excluding diaryl/α,β-unsaturated/α-hetero) is 2. The molecule has 2 aromatic carbocycles. The zero-order chi connectivity index (χ0) is 23.1. The molecule has 0 aliphatic carbocycles. The number of hydrogen-bond donors (Lipinski definition) is 2. The molecule has 0 aliphatic rings. The van der Waals surface area contributed by atoms with Gasteiger partial charge in [0.25, 0.3) is 0 Å². The maximum Gasteiger partial charge on any atom is 0.219 e. The molecule has 3 aromatic rings. The molecule has 0 unspecified atom stereocenters. The number of ether oxygens (including phenoxy) is 1. The van der Waals surface area contributed by atoms with Gasteiger partial charge in [-0.1, -0.05) is 54.5 Å². The summed E-state index contributed by atoms with van der Waals surface area (Å²) in [7, 11) is 0. The van der Waals surface area contributed by atoms with Gasteiger partial charge in [-0.25, -0.2) is 0 Å². The fourth-order valence-electron chi connectivity index (χ4n) is 3.57. The average Bonchev–Trinajstić information content (AvgIpc) is 3.15. The lowest BCUT2D eigenvalue weighted by Gasteiger charge is -2.11. The van der Waals surface area contributed by atoms with Crippen LogP contribution in [0, 0.1) is 6.92 Å². The van der Waals surface area contributed by atoms with Crippen molar-refractivity contribution in [3.05, 3.63) is 88.2 Å². The number of aryl methyl sites for hydroxylation is 1. The summed E-state index contributed by atoms with van der Waals surface area (Å²) < 4.78 is 5.89. The standard InChI is InChI=1S/C25H27N3O4/c1-4-19-23(17(3)29)16(2)27-24(19)21(30)15-32-28-25(26)20-12-8-9-13-22(20)31-14-18-10-6-5-7-11-18/h5-13,27H,4,14-15H2,1-3H3,(H2,26,28). The molecular formula is C25H27N3O4. The Morgan fingerprint density at radius 2 is 1.75 bits per heavy atom. The van der Waals surface area contributed by atoms with E-state index in [0.717, 1.165) is 5.56 Å². The van der Waals surface area contributed by atoms with E-state index in [1.165, 1.54) is 6.92 Å². The third-order valence-corrected chi connectivity index (χ3v) is 5.03. The Kier molecular flexibility index (Phi) is 7.44. The molecule has 1 heterocycles. The minimum absolute atomic E-state index is 0.0788. The number of oxime groups is 1. The van der Waals surface area contributed by atoms with Crippen LogP contribution < -0.4 is 10.5 Å². The van der Waals surface area contributed by atoms with Gasteiger partial charge in [0.1, 0.15) is 12.4 Å². The van der Waals surface area contributed by atoms with E-state index < -0.39 is 0 Å². The Labute approximate surface area is 187 Å². The van der Waals surface area contributed by atoms with Crippen molar-refractivity contribution in [2.24, 2.45) is 10.9 Å². The van der Waals surface area contributed by atoms with E-state index in [2.05, 4.69) is 10.1 Å². The molecule has 3 rings (SSSR count). The summed E-state index contributed by atoms with van der Waals surface area (Å²) in [5.41, 5.74) is 9.99. The van der Waals surface area contributed by atoms with E-state index in [-0.39, 0.29) is 24.0 Å². The number of aromatic amines is 1. The van der Waals surface area contributed by atoms with E-state index in [1.54, 1.807) is 19.1 Å². The number of nitrogens with two attached hydrogens (primary N) is 1. The van der Waals surface area contributed by atoms with E-state index in [4.69, 9.17) is 15.3 Å². The third-order valence-electron chi connectivity index (χ3n) is 5.03. The van der Waals surface area contributed by atoms with Crippen LogP contribution in [0.4, 0.5) is 0 Å². The zero-order valence-corrected chi connectivity index (χ0v) is 18.5. The normalized spacial score (nSPS) is 11.3. The topological polar surface area (TPSA) is 107 Å². The Bertz CT molecular complexity index is 1130. The van der Waals surface area contributed by atoms with E-state index >= 15 is 0 Å². The van der Waals surface area contributed by atoms with Gasteiger partial charge in [0.15, 0.2) is 18.2 Å². The Hall–Kier alpha value is -3.87. The van der Waals surface area contributed by atoms with Gasteiger partial charge in [-0.15, -0.1) is 0 Å². The van der Waals surface area contributed by atoms with Gasteiger partial charge in [-0.2, -0.15) is 0 Å². The maximum atomic E-state index is 12.7. The van der Waals surface area contributed by atoms with Crippen molar-refractivity contribution < 1.29 is 19.2 Å². The van der Waals surface area contributed by atoms with E-state index in [0.29, 0.717) is 46.9 Å². The van der Waals surface area contributed by atoms with Crippen LogP contribution in [0.5, 0.6) is 5.75 Å². The highest BCUT2D eigenvalue weighted by Gasteiger charge is 2.22. The number of carbonyl (C=O) groups excluding carboxylic acids is 2. The Balaban J connectivity index is 1.69. The molecule has 0 spiro atoms. The number of aromatic nitrogens is 1. The van der Waals surface area contributed by atoms with Gasteiger partial charge in [0, 0.05) is 11.3 Å². The van der Waals surface area contributed by atoms with Crippen LogP contribution in [0.1, 0.15) is 57.1 Å². The summed E-state index contributed by atoms with van der Waals surface area (Å²) >= 11 is 0. The molecule has 0 atom stereocenters. The average molecular weight is 434 g/mol. The number of ketones is 2. The van der Waals surface area contributed by atoms with E-state index in [1.807, 2.05) is 49.4 Å². The predicted molar refractivity (Wildman–Crippen MR) is 123 cm³/mol. The van der Waals surface area contributed by atoms with Crippen LogP contribution in [0.2, 0.25) is 0 Å². The molecule has 0 saturated carbocycles. The second-order valence-corrected chi connectivity index (χ2v) is 7.33. The molecule has 7 heteroatoms. The first kappa shape index (κ1) is 22.8. The molecule has 0 amide bonds. The SMILES string of the molecule is CCc1c(C(=O)CON=C(N)c2ccccc2OCc2ccccc2)[nH]c(C)c1C(C)=O. The lowest BCUT2D eigenvalue weighted by molar-refractivity contribution is 0.0770. The van der Waals surface area contributed by atoms with Gasteiger partial charge in [-0.3, -0.25) is 9.59 Å². The summed E-state index contributed by atoms with van der Waals surface area (Å²) in [6, 6.07) is 17.0. The Morgan fingerprint density at radius 3 is 2.44 bits per heavy atom. The van der Waals surface area contributed by atoms with Crippen molar-refractivity contribution in [3.8, 4) is 5.75 Å². The van der Waals surface area contributed by atoms with Gasteiger partial charge in [0.2, 0.25) is 5.78 Å². The summed E-state index contributed by atoms with van der Waals surface area (Å²) in [6.07, 6.45) is 0.553. The molecule has 3 N–H and O–H groups in total. The first-order chi connectivity index (χ1) is 15.4. The quantitative estimate of drug-likeness (QED) is 0.216. The van der Waals surface area contributed by atoms with Gasteiger partial charge >= 0.3 is 0 Å². The number of carbonyl (C=O) groups is 2. The molecule has 32 heavy (non-hydrogen) atoms. The van der Waals surface area contributed by atoms with Gasteiger partial charge in [-0.05, 0) is 43.5 Å². The van der Waals surface area contributed by atoms with Crippen LogP contribution in [0.15, 0.2) is 59.8 Å². The molecule has 1 aromatic heterocycles. The maximum absolute atomic E-state index is 12.7. The van der Waals surface area contributed by atoms with Crippen molar-refractivity contribution in [1.82, 2.24) is 4.98 Å². The minimum atomic E-state index is -0.308. The molecule has 0 saturated heterocycles. The fraction of sp³-hybridized carbons (Fsp3) is 0.240. The second-order valence-electron chi connectivity index (χ2n) is 7.33. The van der Waals surface area contributed by atoms with Crippen molar-refractivity contribution >= 4 is 17.4 Å². The highest BCUT2D eigenvalue weighted by molar-refractivity contribution is 6.04. The predicted octanol–water partition coefficient (Wildman–Crippen LogP) is 4.19. The zero-order valence-electron chi connectivity index (χ0n) is 18.5. The number of hydrogen-bond acceptors (Lipinski definition) is 5. The molecule has 0 radical (unpaired) electrons.